The van der Waals surface area contributed by atoms with Crippen molar-refractivity contribution in [2.24, 2.45) is 16.5 Å². The molecule has 3 rings (SSSR count). The molecule has 7 N–H and O–H groups in total. The Kier molecular flexibility index (Phi) is 7.61. The van der Waals surface area contributed by atoms with Crippen molar-refractivity contribution in [3.05, 3.63) is 35.1 Å². The van der Waals surface area contributed by atoms with Gasteiger partial charge in [-0.05, 0) is 18.2 Å². The molecule has 1 aliphatic rings. The average molecular weight is 479 g/mol. The van der Waals surface area contributed by atoms with E-state index in [-0.39, 0.29) is 54.6 Å². The van der Waals surface area contributed by atoms with E-state index >= 15 is 0 Å². The van der Waals surface area contributed by atoms with Gasteiger partial charge in [-0.2, -0.15) is 4.99 Å². The van der Waals surface area contributed by atoms with Gasteiger partial charge in [0.05, 0.1) is 24.5 Å². The van der Waals surface area contributed by atoms with Crippen LogP contribution in [0.15, 0.2) is 28.6 Å². The molecule has 1 atom stereocenters. The number of amides is 3. The zero-order valence-corrected chi connectivity index (χ0v) is 18.4. The fraction of sp³-hybridized carbons (Fsp3) is 0.316. The number of rotatable bonds is 9. The molecule has 1 aliphatic heterocycles. The number of hydrogen-bond donors (Lipinski definition) is 5. The minimum atomic E-state index is -0.613. The zero-order valence-electron chi connectivity index (χ0n) is 17.6. The molecule has 0 radical (unpaired) electrons. The summed E-state index contributed by atoms with van der Waals surface area (Å²) in [6.07, 6.45) is -1.13. The lowest BCUT2D eigenvalue weighted by Crippen LogP contribution is -2.33. The van der Waals surface area contributed by atoms with Gasteiger partial charge in [0.2, 0.25) is 11.0 Å². The topological polar surface area (TPSA) is 177 Å². The highest BCUT2D eigenvalue weighted by Gasteiger charge is 2.32. The van der Waals surface area contributed by atoms with Crippen LogP contribution in [0, 0.1) is 5.82 Å². The quantitative estimate of drug-likeness (QED) is 0.196. The Labute approximate surface area is 192 Å². The number of aliphatic imine (C=N–C) groups is 1. The highest BCUT2D eigenvalue weighted by molar-refractivity contribution is 7.13. The highest BCUT2D eigenvalue weighted by Crippen LogP contribution is 2.26. The van der Waals surface area contributed by atoms with E-state index in [0.29, 0.717) is 5.69 Å². The molecule has 33 heavy (non-hydrogen) atoms. The maximum Gasteiger partial charge on any atom is 0.414 e. The second-order valence-corrected chi connectivity index (χ2v) is 7.79. The van der Waals surface area contributed by atoms with Crippen LogP contribution >= 0.6 is 11.3 Å². The summed E-state index contributed by atoms with van der Waals surface area (Å²) in [5, 5.41) is 9.90. The van der Waals surface area contributed by atoms with Crippen molar-refractivity contribution >= 4 is 51.7 Å². The summed E-state index contributed by atoms with van der Waals surface area (Å²) in [7, 11) is 0. The maximum absolute atomic E-state index is 14.5. The van der Waals surface area contributed by atoms with Crippen molar-refractivity contribution in [1.82, 2.24) is 15.6 Å². The SMILES string of the molecule is CC(=O)NC[C@H]1CN(c2ccc(NCCNC(=O)c3csc(N=C(N)N)n3)c(F)c2)C(=O)O1. The van der Waals surface area contributed by atoms with Crippen molar-refractivity contribution in [1.29, 1.82) is 0 Å². The number of hydrogen-bond acceptors (Lipinski definition) is 8. The van der Waals surface area contributed by atoms with Crippen molar-refractivity contribution in [2.75, 3.05) is 36.4 Å². The molecule has 0 aliphatic carbocycles. The summed E-state index contributed by atoms with van der Waals surface area (Å²) in [5.41, 5.74) is 11.3. The van der Waals surface area contributed by atoms with Gasteiger partial charge in [0.1, 0.15) is 17.6 Å². The number of ether oxygens (including phenoxy) is 1. The monoisotopic (exact) mass is 478 g/mol. The molecule has 1 aromatic carbocycles. The van der Waals surface area contributed by atoms with Gasteiger partial charge in [0, 0.05) is 25.4 Å². The molecule has 1 aromatic heterocycles. The second kappa shape index (κ2) is 10.6. The standard InChI is InChI=1S/C19H23FN8O4S/c1-10(29)25-7-12-8-28(19(31)32-12)11-2-3-14(13(20)6-11)23-4-5-24-16(30)15-9-33-18(26-15)27-17(21)22/h2-3,6,9,12,23H,4-5,7-8H2,1H3,(H,24,30)(H,25,29)(H4,21,22,26,27)/t12-/m0/s1. The largest absolute Gasteiger partial charge is 0.442 e. The van der Waals surface area contributed by atoms with Gasteiger partial charge in [0.15, 0.2) is 5.96 Å². The summed E-state index contributed by atoms with van der Waals surface area (Å²) < 4.78 is 19.7. The van der Waals surface area contributed by atoms with Crippen LogP contribution in [0.3, 0.4) is 0 Å². The smallest absolute Gasteiger partial charge is 0.414 e. The number of carbonyl (C=O) groups excluding carboxylic acids is 3. The van der Waals surface area contributed by atoms with Crippen molar-refractivity contribution < 1.29 is 23.5 Å². The van der Waals surface area contributed by atoms with Gasteiger partial charge >= 0.3 is 6.09 Å². The lowest BCUT2D eigenvalue weighted by atomic mass is 10.2. The van der Waals surface area contributed by atoms with Gasteiger partial charge in [-0.3, -0.25) is 14.5 Å². The van der Waals surface area contributed by atoms with E-state index in [1.54, 1.807) is 6.07 Å². The highest BCUT2D eigenvalue weighted by atomic mass is 32.1. The van der Waals surface area contributed by atoms with Crippen LogP contribution in [0.5, 0.6) is 0 Å². The second-order valence-electron chi connectivity index (χ2n) is 6.95. The molecule has 0 saturated carbocycles. The van der Waals surface area contributed by atoms with Crippen molar-refractivity contribution in [3.8, 4) is 0 Å². The number of halogens is 1. The van der Waals surface area contributed by atoms with Crippen LogP contribution < -0.4 is 32.3 Å². The lowest BCUT2D eigenvalue weighted by molar-refractivity contribution is -0.119. The van der Waals surface area contributed by atoms with E-state index in [4.69, 9.17) is 16.2 Å². The summed E-state index contributed by atoms with van der Waals surface area (Å²) in [4.78, 5) is 44.2. The normalized spacial score (nSPS) is 15.0. The minimum absolute atomic E-state index is 0.153. The number of thiazole rings is 1. The maximum atomic E-state index is 14.5. The van der Waals surface area contributed by atoms with Crippen LogP contribution in [0.25, 0.3) is 0 Å². The molecule has 1 saturated heterocycles. The van der Waals surface area contributed by atoms with Crippen LogP contribution in [-0.2, 0) is 9.53 Å². The molecular formula is C19H23FN8O4S. The number of nitrogens with zero attached hydrogens (tertiary/aromatic N) is 3. The first-order chi connectivity index (χ1) is 15.7. The third kappa shape index (κ3) is 6.52. The number of carbonyl (C=O) groups is 3. The Morgan fingerprint density at radius 1 is 1.33 bits per heavy atom. The van der Waals surface area contributed by atoms with Gasteiger partial charge in [-0.25, -0.2) is 14.2 Å². The third-order valence-electron chi connectivity index (χ3n) is 4.39. The number of cyclic esters (lactones) is 1. The van der Waals surface area contributed by atoms with Crippen molar-refractivity contribution in [3.63, 3.8) is 0 Å². The Morgan fingerprint density at radius 2 is 2.12 bits per heavy atom. The fourth-order valence-corrected chi connectivity index (χ4v) is 3.59. The van der Waals surface area contributed by atoms with Crippen molar-refractivity contribution in [2.45, 2.75) is 13.0 Å². The molecule has 0 bridgehead atoms. The number of guanidine groups is 1. The predicted octanol–water partition coefficient (Wildman–Crippen LogP) is 0.490. The summed E-state index contributed by atoms with van der Waals surface area (Å²) >= 11 is 1.12. The summed E-state index contributed by atoms with van der Waals surface area (Å²) in [5.74, 6) is -1.37. The van der Waals surface area contributed by atoms with Crippen LogP contribution in [-0.4, -0.2) is 61.1 Å². The van der Waals surface area contributed by atoms with Gasteiger partial charge in [-0.1, -0.05) is 0 Å². The zero-order chi connectivity index (χ0) is 24.0. The fourth-order valence-electron chi connectivity index (χ4n) is 2.91. The molecule has 0 unspecified atom stereocenters. The third-order valence-corrected chi connectivity index (χ3v) is 5.13. The average Bonchev–Trinajstić information content (AvgIpc) is 3.36. The number of benzene rings is 1. The minimum Gasteiger partial charge on any atom is -0.442 e. The Bertz CT molecular complexity index is 1070. The number of anilines is 2. The summed E-state index contributed by atoms with van der Waals surface area (Å²) in [6.45, 7) is 2.20. The first-order valence-electron chi connectivity index (χ1n) is 9.82. The van der Waals surface area contributed by atoms with E-state index in [1.807, 2.05) is 0 Å². The van der Waals surface area contributed by atoms with E-state index in [9.17, 15) is 18.8 Å². The molecule has 2 heterocycles. The Balaban J connectivity index is 1.48. The number of nitrogens with one attached hydrogen (secondary N) is 3. The van der Waals surface area contributed by atoms with Crippen LogP contribution in [0.1, 0.15) is 17.4 Å². The molecular weight excluding hydrogens is 455 g/mol. The lowest BCUT2D eigenvalue weighted by Gasteiger charge is -2.15. The summed E-state index contributed by atoms with van der Waals surface area (Å²) in [6, 6.07) is 4.28. The molecule has 2 aromatic rings. The molecule has 176 valence electrons. The van der Waals surface area contributed by atoms with Gasteiger partial charge in [0.25, 0.3) is 5.91 Å². The van der Waals surface area contributed by atoms with E-state index in [1.165, 1.54) is 29.3 Å². The molecule has 1 fully saturated rings. The number of aromatic nitrogens is 1. The predicted molar refractivity (Wildman–Crippen MR) is 121 cm³/mol. The van der Waals surface area contributed by atoms with Gasteiger partial charge < -0.3 is 32.2 Å². The van der Waals surface area contributed by atoms with E-state index in [2.05, 4.69) is 25.9 Å². The molecule has 12 nitrogen and oxygen atoms in total. The molecule has 0 spiro atoms. The number of nitrogens with two attached hydrogens (primary N) is 2. The first kappa shape index (κ1) is 23.7. The van der Waals surface area contributed by atoms with E-state index < -0.39 is 23.9 Å². The first-order valence-corrected chi connectivity index (χ1v) is 10.7. The van der Waals surface area contributed by atoms with Crippen LogP contribution in [0.4, 0.5) is 25.7 Å². The van der Waals surface area contributed by atoms with Crippen LogP contribution in [0.2, 0.25) is 0 Å². The molecule has 14 heteroatoms. The Hall–Kier alpha value is -3.94. The Morgan fingerprint density at radius 3 is 2.82 bits per heavy atom. The molecule has 3 amide bonds. The van der Waals surface area contributed by atoms with E-state index in [0.717, 1.165) is 11.3 Å². The van der Waals surface area contributed by atoms with Gasteiger partial charge in [-0.15, -0.1) is 11.3 Å².